The molecule has 2 aliphatic rings. The third kappa shape index (κ3) is 7.34. The summed E-state index contributed by atoms with van der Waals surface area (Å²) in [7, 11) is -1.14. The van der Waals surface area contributed by atoms with Crippen molar-refractivity contribution in [3.63, 3.8) is 0 Å². The molecule has 12 heteroatoms. The van der Waals surface area contributed by atoms with Crippen molar-refractivity contribution in [1.29, 1.82) is 0 Å². The van der Waals surface area contributed by atoms with E-state index >= 15 is 0 Å². The lowest BCUT2D eigenvalue weighted by Gasteiger charge is -2.38. The van der Waals surface area contributed by atoms with E-state index in [0.29, 0.717) is 39.5 Å². The summed E-state index contributed by atoms with van der Waals surface area (Å²) in [6, 6.07) is 15.3. The van der Waals surface area contributed by atoms with Crippen molar-refractivity contribution in [3.8, 4) is 0 Å². The van der Waals surface area contributed by atoms with Crippen molar-refractivity contribution >= 4 is 48.3 Å². The lowest BCUT2D eigenvalue weighted by Crippen LogP contribution is -2.49. The molecule has 4 aromatic rings. The van der Waals surface area contributed by atoms with Gasteiger partial charge in [-0.15, -0.1) is 0 Å². The highest BCUT2D eigenvalue weighted by atomic mass is 32.2. The predicted octanol–water partition coefficient (Wildman–Crippen LogP) is 6.19. The second-order valence-electron chi connectivity index (χ2n) is 13.3. The highest BCUT2D eigenvalue weighted by Crippen LogP contribution is 2.36. The van der Waals surface area contributed by atoms with E-state index in [2.05, 4.69) is 48.5 Å². The number of aryl methyl sites for hydroxylation is 1. The maximum atomic E-state index is 12.8. The number of ether oxygens (including phenoxy) is 2. The molecular weight excluding hydrogens is 615 g/mol. The maximum Gasteiger partial charge on any atom is 0.410 e. The summed E-state index contributed by atoms with van der Waals surface area (Å²) in [5.41, 5.74) is 6.81. The second-order valence-corrected chi connectivity index (χ2v) is 19.7. The quantitative estimate of drug-likeness (QED) is 0.0856. The molecule has 10 nitrogen and oxygen atoms in total. The zero-order valence-electron chi connectivity index (χ0n) is 27.7. The lowest BCUT2D eigenvalue weighted by atomic mass is 10.0. The Hall–Kier alpha value is -3.61. The molecule has 4 heterocycles. The summed E-state index contributed by atoms with van der Waals surface area (Å²) in [4.78, 5) is 29.3. The number of hydrogen-bond acceptors (Lipinski definition) is 9. The average molecular weight is 660 g/mol. The summed E-state index contributed by atoms with van der Waals surface area (Å²) in [6.07, 6.45) is 4.60. The molecule has 46 heavy (non-hydrogen) atoms. The van der Waals surface area contributed by atoms with Crippen LogP contribution in [0.3, 0.4) is 0 Å². The first-order valence-corrected chi connectivity index (χ1v) is 21.1. The minimum atomic E-state index is -1.14. The van der Waals surface area contributed by atoms with Crippen LogP contribution < -0.4 is 9.80 Å². The number of anilines is 2. The standard InChI is InChI=1S/C34H45N7O3SSi/c1-25-11-12-30-28(21-35-41(30)24-43-19-20-46(3,4)5)31(25)40-14-13-27-29(22-40)36-33(45-2)37-32(27)38-15-17-39(18-16-38)34(42)44-23-26-9-7-6-8-10-26/h6-12,21H,13-20,22-24H2,1-5H3. The zero-order chi connectivity index (χ0) is 32.3. The first kappa shape index (κ1) is 32.3. The van der Waals surface area contributed by atoms with Gasteiger partial charge in [0.25, 0.3) is 0 Å². The fraction of sp³-hybridized carbons (Fsp3) is 0.471. The van der Waals surface area contributed by atoms with Crippen LogP contribution in [-0.4, -0.2) is 84.4 Å². The Bertz CT molecular complexity index is 1670. The van der Waals surface area contributed by atoms with Crippen LogP contribution in [0.1, 0.15) is 22.4 Å². The van der Waals surface area contributed by atoms with Crippen LogP contribution in [0.4, 0.5) is 16.3 Å². The number of carbonyl (C=O) groups excluding carboxylic acids is 1. The molecule has 0 unspecified atom stereocenters. The predicted molar refractivity (Wildman–Crippen MR) is 188 cm³/mol. The summed E-state index contributed by atoms with van der Waals surface area (Å²) in [5, 5.41) is 6.64. The first-order chi connectivity index (χ1) is 22.2. The minimum Gasteiger partial charge on any atom is -0.445 e. The van der Waals surface area contributed by atoms with E-state index < -0.39 is 8.07 Å². The van der Waals surface area contributed by atoms with E-state index in [1.165, 1.54) is 16.8 Å². The number of hydrogen-bond donors (Lipinski definition) is 0. The van der Waals surface area contributed by atoms with E-state index in [9.17, 15) is 4.79 Å². The summed E-state index contributed by atoms with van der Waals surface area (Å²) in [5.74, 6) is 1.00. The molecule has 244 valence electrons. The highest BCUT2D eigenvalue weighted by molar-refractivity contribution is 7.98. The van der Waals surface area contributed by atoms with Crippen molar-refractivity contribution in [3.05, 3.63) is 71.0 Å². The van der Waals surface area contributed by atoms with Gasteiger partial charge in [0.2, 0.25) is 0 Å². The Morgan fingerprint density at radius 2 is 1.76 bits per heavy atom. The Morgan fingerprint density at radius 3 is 2.50 bits per heavy atom. The van der Waals surface area contributed by atoms with Crippen LogP contribution in [0.2, 0.25) is 25.7 Å². The Morgan fingerprint density at radius 1 is 0.978 bits per heavy atom. The molecule has 0 radical (unpaired) electrons. The number of amides is 1. The van der Waals surface area contributed by atoms with Crippen molar-refractivity contribution in [2.75, 3.05) is 55.4 Å². The number of fused-ring (bicyclic) bond motifs is 2. The fourth-order valence-corrected chi connectivity index (χ4v) is 7.28. The van der Waals surface area contributed by atoms with Gasteiger partial charge in [0.1, 0.15) is 19.2 Å². The van der Waals surface area contributed by atoms with Gasteiger partial charge in [0.15, 0.2) is 5.16 Å². The summed E-state index contributed by atoms with van der Waals surface area (Å²) in [6.45, 7) is 15.0. The molecule has 0 spiro atoms. The lowest BCUT2D eigenvalue weighted by molar-refractivity contribution is 0.0817. The number of rotatable bonds is 10. The minimum absolute atomic E-state index is 0.264. The van der Waals surface area contributed by atoms with Crippen LogP contribution in [0.5, 0.6) is 0 Å². The number of aromatic nitrogens is 4. The molecule has 2 aromatic heterocycles. The third-order valence-corrected chi connectivity index (χ3v) is 11.0. The molecule has 0 saturated carbocycles. The van der Waals surface area contributed by atoms with Gasteiger partial charge in [-0.25, -0.2) is 19.4 Å². The third-order valence-electron chi connectivity index (χ3n) is 8.77. The van der Waals surface area contributed by atoms with E-state index in [0.717, 1.165) is 58.8 Å². The van der Waals surface area contributed by atoms with Crippen LogP contribution in [-0.2, 0) is 35.8 Å². The van der Waals surface area contributed by atoms with Crippen LogP contribution in [0.25, 0.3) is 10.9 Å². The molecule has 0 N–H and O–H groups in total. The number of benzene rings is 2. The molecule has 0 atom stereocenters. The molecule has 1 fully saturated rings. The molecule has 1 amide bonds. The van der Waals surface area contributed by atoms with E-state index in [1.807, 2.05) is 47.5 Å². The molecule has 2 aliphatic heterocycles. The van der Waals surface area contributed by atoms with E-state index in [4.69, 9.17) is 24.5 Å². The van der Waals surface area contributed by atoms with Gasteiger partial charge in [0, 0.05) is 58.4 Å². The van der Waals surface area contributed by atoms with Gasteiger partial charge in [-0.1, -0.05) is 67.8 Å². The van der Waals surface area contributed by atoms with E-state index in [-0.39, 0.29) is 12.7 Å². The fourth-order valence-electron chi connectivity index (χ4n) is 6.14. The van der Waals surface area contributed by atoms with Gasteiger partial charge < -0.3 is 24.2 Å². The first-order valence-electron chi connectivity index (χ1n) is 16.1. The second kappa shape index (κ2) is 14.0. The number of carbonyl (C=O) groups is 1. The molecule has 6 rings (SSSR count). The van der Waals surface area contributed by atoms with Gasteiger partial charge in [-0.3, -0.25) is 0 Å². The van der Waals surface area contributed by atoms with Crippen LogP contribution >= 0.6 is 11.8 Å². The van der Waals surface area contributed by atoms with Gasteiger partial charge in [0.05, 0.1) is 29.6 Å². The Balaban J connectivity index is 1.15. The van der Waals surface area contributed by atoms with Crippen molar-refractivity contribution < 1.29 is 14.3 Å². The summed E-state index contributed by atoms with van der Waals surface area (Å²) >= 11 is 1.57. The van der Waals surface area contributed by atoms with Gasteiger partial charge in [-0.2, -0.15) is 5.10 Å². The highest BCUT2D eigenvalue weighted by Gasteiger charge is 2.30. The van der Waals surface area contributed by atoms with Crippen molar-refractivity contribution in [1.82, 2.24) is 24.6 Å². The smallest absolute Gasteiger partial charge is 0.410 e. The number of piperazine rings is 1. The average Bonchev–Trinajstić information content (AvgIpc) is 3.47. The maximum absolute atomic E-state index is 12.8. The number of thioether (sulfide) groups is 1. The Kier molecular flexibility index (Phi) is 9.86. The molecule has 0 aliphatic carbocycles. The van der Waals surface area contributed by atoms with Gasteiger partial charge in [-0.05, 0) is 42.8 Å². The summed E-state index contributed by atoms with van der Waals surface area (Å²) < 4.78 is 13.6. The normalized spacial score (nSPS) is 15.4. The number of nitrogens with zero attached hydrogens (tertiary/aromatic N) is 7. The SMILES string of the molecule is CSc1nc2c(c(N3CCN(C(=O)OCc4ccccc4)CC3)n1)CCN(c1c(C)ccc3c1cnn3COCC[Si](C)(C)C)C2. The monoisotopic (exact) mass is 659 g/mol. The molecule has 0 bridgehead atoms. The molecule has 1 saturated heterocycles. The zero-order valence-corrected chi connectivity index (χ0v) is 29.5. The topological polar surface area (TPSA) is 88.9 Å². The largest absolute Gasteiger partial charge is 0.445 e. The van der Waals surface area contributed by atoms with E-state index in [1.54, 1.807) is 16.7 Å². The van der Waals surface area contributed by atoms with Crippen LogP contribution in [0.15, 0.2) is 53.8 Å². The van der Waals surface area contributed by atoms with Crippen molar-refractivity contribution in [2.24, 2.45) is 0 Å². The Labute approximate surface area is 277 Å². The molecule has 2 aromatic carbocycles. The van der Waals surface area contributed by atoms with Crippen LogP contribution in [0, 0.1) is 6.92 Å². The van der Waals surface area contributed by atoms with Gasteiger partial charge >= 0.3 is 6.09 Å². The molecular formula is C34H45N7O3SSi. The van der Waals surface area contributed by atoms with Crippen molar-refractivity contribution in [2.45, 2.75) is 64.1 Å².